The molecule has 1 aliphatic rings. The zero-order valence-electron chi connectivity index (χ0n) is 19.0. The van der Waals surface area contributed by atoms with E-state index in [1.165, 1.54) is 13.2 Å². The minimum Gasteiger partial charge on any atom is -0.496 e. The third-order valence-corrected chi connectivity index (χ3v) is 6.47. The van der Waals surface area contributed by atoms with E-state index in [0.29, 0.717) is 35.7 Å². The summed E-state index contributed by atoms with van der Waals surface area (Å²) in [5.41, 5.74) is 1.60. The van der Waals surface area contributed by atoms with Crippen LogP contribution in [-0.4, -0.2) is 34.0 Å². The van der Waals surface area contributed by atoms with Gasteiger partial charge in [0.15, 0.2) is 5.78 Å². The number of aliphatic hydroxyl groups is 1. The van der Waals surface area contributed by atoms with Crippen LogP contribution in [0, 0.1) is 5.92 Å². The third-order valence-electron chi connectivity index (χ3n) is 6.47. The van der Waals surface area contributed by atoms with E-state index in [0.717, 1.165) is 18.4 Å². The van der Waals surface area contributed by atoms with Crippen LogP contribution in [0.3, 0.4) is 0 Å². The fourth-order valence-corrected chi connectivity index (χ4v) is 4.19. The van der Waals surface area contributed by atoms with Crippen molar-refractivity contribution in [3.63, 3.8) is 0 Å². The summed E-state index contributed by atoms with van der Waals surface area (Å²) in [6.07, 6.45) is 6.74. The molecular formula is C25H28F2N2O4. The largest absolute Gasteiger partial charge is 0.496 e. The van der Waals surface area contributed by atoms with Crippen molar-refractivity contribution in [1.82, 2.24) is 9.38 Å². The molecule has 1 aliphatic carbocycles. The lowest BCUT2D eigenvalue weighted by Crippen LogP contribution is -2.23. The van der Waals surface area contributed by atoms with Crippen molar-refractivity contribution in [3.05, 3.63) is 47.8 Å². The number of rotatable bonds is 10. The molecule has 2 heterocycles. The fourth-order valence-electron chi connectivity index (χ4n) is 4.19. The second-order valence-corrected chi connectivity index (χ2v) is 8.53. The third kappa shape index (κ3) is 4.57. The highest BCUT2D eigenvalue weighted by atomic mass is 19.3. The van der Waals surface area contributed by atoms with Gasteiger partial charge >= 0.3 is 6.61 Å². The van der Waals surface area contributed by atoms with Gasteiger partial charge in [0.05, 0.1) is 24.6 Å². The zero-order chi connectivity index (χ0) is 23.8. The summed E-state index contributed by atoms with van der Waals surface area (Å²) in [4.78, 5) is 17.3. The monoisotopic (exact) mass is 458 g/mol. The van der Waals surface area contributed by atoms with Crippen molar-refractivity contribution in [2.45, 2.75) is 58.2 Å². The molecule has 3 aromatic rings. The number of carbonyl (C=O) groups excluding carboxylic acids is 1. The molecular weight excluding hydrogens is 430 g/mol. The van der Waals surface area contributed by atoms with Gasteiger partial charge in [-0.05, 0) is 61.4 Å². The van der Waals surface area contributed by atoms with Crippen molar-refractivity contribution in [3.8, 4) is 22.8 Å². The maximum Gasteiger partial charge on any atom is 0.387 e. The molecule has 176 valence electrons. The van der Waals surface area contributed by atoms with Crippen LogP contribution < -0.4 is 9.47 Å². The SMILES string of the molecule is CCC(O)(CC)c1ccn2c(-c3cc(OC)c(C(=O)CC4CC4)c(OC(F)F)c3)cnc2c1. The van der Waals surface area contributed by atoms with Crippen molar-refractivity contribution in [2.75, 3.05) is 7.11 Å². The highest BCUT2D eigenvalue weighted by Crippen LogP contribution is 2.40. The Balaban J connectivity index is 1.80. The molecule has 0 aliphatic heterocycles. The molecule has 1 N–H and O–H groups in total. The van der Waals surface area contributed by atoms with Gasteiger partial charge in [0, 0.05) is 18.2 Å². The summed E-state index contributed by atoms with van der Waals surface area (Å²) in [6, 6.07) is 6.72. The van der Waals surface area contributed by atoms with E-state index in [2.05, 4.69) is 4.98 Å². The number of hydrogen-bond acceptors (Lipinski definition) is 5. The van der Waals surface area contributed by atoms with E-state index in [1.54, 1.807) is 22.9 Å². The molecule has 0 amide bonds. The smallest absolute Gasteiger partial charge is 0.387 e. The van der Waals surface area contributed by atoms with Crippen LogP contribution in [0.1, 0.15) is 61.9 Å². The normalized spacial score (nSPS) is 14.2. The summed E-state index contributed by atoms with van der Waals surface area (Å²) in [5.74, 6) is 0.00603. The van der Waals surface area contributed by atoms with Gasteiger partial charge in [0.25, 0.3) is 0 Å². The number of halogens is 2. The van der Waals surface area contributed by atoms with Crippen molar-refractivity contribution in [2.24, 2.45) is 5.92 Å². The van der Waals surface area contributed by atoms with E-state index in [4.69, 9.17) is 9.47 Å². The Morgan fingerprint density at radius 2 is 1.94 bits per heavy atom. The second-order valence-electron chi connectivity index (χ2n) is 8.53. The molecule has 1 aromatic carbocycles. The van der Waals surface area contributed by atoms with Gasteiger partial charge < -0.3 is 14.6 Å². The first-order chi connectivity index (χ1) is 15.8. The number of Topliss-reactive ketones (excluding diaryl/α,β-unsaturated/α-hetero) is 1. The summed E-state index contributed by atoms with van der Waals surface area (Å²) in [7, 11) is 1.40. The Morgan fingerprint density at radius 3 is 2.55 bits per heavy atom. The van der Waals surface area contributed by atoms with Gasteiger partial charge in [0.2, 0.25) is 0 Å². The number of fused-ring (bicyclic) bond motifs is 1. The highest BCUT2D eigenvalue weighted by molar-refractivity contribution is 6.02. The standard InChI is InChI=1S/C25H28F2N2O4/c1-4-25(31,5-2)17-8-9-29-18(14-28-22(29)13-17)16-11-20(32-3)23(19(30)10-15-6-7-15)21(12-16)33-24(26)27/h8-9,11-15,24,31H,4-7,10H2,1-3H3. The first-order valence-corrected chi connectivity index (χ1v) is 11.2. The summed E-state index contributed by atoms with van der Waals surface area (Å²) >= 11 is 0. The number of benzene rings is 1. The molecule has 2 aromatic heterocycles. The predicted octanol–water partition coefficient (Wildman–Crippen LogP) is 5.60. The van der Waals surface area contributed by atoms with Gasteiger partial charge in [-0.3, -0.25) is 9.20 Å². The number of imidazole rings is 1. The van der Waals surface area contributed by atoms with Crippen LogP contribution in [0.4, 0.5) is 8.78 Å². The van der Waals surface area contributed by atoms with Gasteiger partial charge in [-0.25, -0.2) is 4.98 Å². The van der Waals surface area contributed by atoms with E-state index < -0.39 is 12.2 Å². The molecule has 1 fully saturated rings. The van der Waals surface area contributed by atoms with Crippen LogP contribution in [0.2, 0.25) is 0 Å². The Kier molecular flexibility index (Phi) is 6.38. The maximum absolute atomic E-state index is 13.2. The number of methoxy groups -OCH3 is 1. The Labute approximate surface area is 191 Å². The van der Waals surface area contributed by atoms with Gasteiger partial charge in [-0.1, -0.05) is 13.8 Å². The molecule has 0 unspecified atom stereocenters. The predicted molar refractivity (Wildman–Crippen MR) is 120 cm³/mol. The molecule has 4 rings (SSSR count). The van der Waals surface area contributed by atoms with Crippen molar-refractivity contribution >= 4 is 11.4 Å². The van der Waals surface area contributed by atoms with Crippen molar-refractivity contribution < 1.29 is 28.2 Å². The molecule has 33 heavy (non-hydrogen) atoms. The number of hydrogen-bond donors (Lipinski definition) is 1. The first-order valence-electron chi connectivity index (χ1n) is 11.2. The quantitative estimate of drug-likeness (QED) is 0.400. The average molecular weight is 459 g/mol. The summed E-state index contributed by atoms with van der Waals surface area (Å²) < 4.78 is 38.4. The van der Waals surface area contributed by atoms with E-state index in [-0.39, 0.29) is 29.3 Å². The molecule has 6 nitrogen and oxygen atoms in total. The van der Waals surface area contributed by atoms with Crippen molar-refractivity contribution in [1.29, 1.82) is 0 Å². The molecule has 1 saturated carbocycles. The van der Waals surface area contributed by atoms with Crippen LogP contribution in [0.5, 0.6) is 11.5 Å². The van der Waals surface area contributed by atoms with Crippen LogP contribution in [0.25, 0.3) is 16.9 Å². The minimum absolute atomic E-state index is 0.0421. The number of alkyl halides is 2. The average Bonchev–Trinajstić information content (AvgIpc) is 3.51. The second kappa shape index (κ2) is 9.09. The van der Waals surface area contributed by atoms with Crippen LogP contribution in [-0.2, 0) is 5.60 Å². The Morgan fingerprint density at radius 1 is 1.24 bits per heavy atom. The summed E-state index contributed by atoms with van der Waals surface area (Å²) in [6.45, 7) is 0.768. The molecule has 8 heteroatoms. The molecule has 0 saturated heterocycles. The minimum atomic E-state index is -3.08. The lowest BCUT2D eigenvalue weighted by Gasteiger charge is -2.25. The number of ether oxygens (including phenoxy) is 2. The first kappa shape index (κ1) is 23.2. The van der Waals surface area contributed by atoms with Crippen LogP contribution >= 0.6 is 0 Å². The van der Waals surface area contributed by atoms with Crippen LogP contribution in [0.15, 0.2) is 36.7 Å². The number of aromatic nitrogens is 2. The van der Waals surface area contributed by atoms with Gasteiger partial charge in [-0.2, -0.15) is 8.78 Å². The van der Waals surface area contributed by atoms with E-state index in [9.17, 15) is 18.7 Å². The summed E-state index contributed by atoms with van der Waals surface area (Å²) in [5, 5.41) is 10.8. The number of ketones is 1. The number of nitrogens with zero attached hydrogens (tertiary/aromatic N) is 2. The Bertz CT molecular complexity index is 1170. The lowest BCUT2D eigenvalue weighted by atomic mass is 9.89. The number of carbonyl (C=O) groups is 1. The lowest BCUT2D eigenvalue weighted by molar-refractivity contribution is -0.0502. The number of pyridine rings is 1. The molecule has 0 radical (unpaired) electrons. The zero-order valence-corrected chi connectivity index (χ0v) is 19.0. The molecule has 0 spiro atoms. The maximum atomic E-state index is 13.2. The van der Waals surface area contributed by atoms with Gasteiger partial charge in [-0.15, -0.1) is 0 Å². The van der Waals surface area contributed by atoms with E-state index >= 15 is 0 Å². The van der Waals surface area contributed by atoms with Gasteiger partial charge in [0.1, 0.15) is 22.7 Å². The molecule has 0 bridgehead atoms. The Hall–Kier alpha value is -3.00. The topological polar surface area (TPSA) is 73.1 Å². The fraction of sp³-hybridized carbons (Fsp3) is 0.440. The molecule has 0 atom stereocenters. The highest BCUT2D eigenvalue weighted by Gasteiger charge is 2.30. The van der Waals surface area contributed by atoms with E-state index in [1.807, 2.05) is 26.0 Å².